The second-order valence-corrected chi connectivity index (χ2v) is 5.23. The van der Waals surface area contributed by atoms with Crippen molar-refractivity contribution in [3.8, 4) is 0 Å². The smallest absolute Gasteiger partial charge is 0.251 e. The Balaban J connectivity index is 1.98. The van der Waals surface area contributed by atoms with Crippen molar-refractivity contribution in [2.24, 2.45) is 0 Å². The highest BCUT2D eigenvalue weighted by molar-refractivity contribution is 5.94. The Hall–Kier alpha value is -2.16. The summed E-state index contributed by atoms with van der Waals surface area (Å²) in [6.45, 7) is 4.60. The van der Waals surface area contributed by atoms with Gasteiger partial charge in [-0.15, -0.1) is 0 Å². The van der Waals surface area contributed by atoms with Gasteiger partial charge in [0.25, 0.3) is 5.91 Å². The maximum Gasteiger partial charge on any atom is 0.251 e. The second kappa shape index (κ2) is 7.02. The van der Waals surface area contributed by atoms with Crippen LogP contribution in [-0.4, -0.2) is 12.5 Å². The van der Waals surface area contributed by atoms with E-state index in [2.05, 4.69) is 12.2 Å². The van der Waals surface area contributed by atoms with Gasteiger partial charge in [-0.3, -0.25) is 4.79 Å². The van der Waals surface area contributed by atoms with Crippen LogP contribution in [0.2, 0.25) is 0 Å². The second-order valence-electron chi connectivity index (χ2n) is 5.23. The number of benzene rings is 2. The van der Waals surface area contributed by atoms with Gasteiger partial charge in [0.1, 0.15) is 5.82 Å². The van der Waals surface area contributed by atoms with E-state index in [9.17, 15) is 9.18 Å². The number of carbonyl (C=O) groups is 1. The van der Waals surface area contributed by atoms with Gasteiger partial charge >= 0.3 is 0 Å². The minimum atomic E-state index is -0.239. The topological polar surface area (TPSA) is 29.1 Å². The number of nitrogens with one attached hydrogen (secondary N) is 1. The lowest BCUT2D eigenvalue weighted by Gasteiger charge is -2.16. The van der Waals surface area contributed by atoms with Crippen LogP contribution in [0.4, 0.5) is 4.39 Å². The van der Waals surface area contributed by atoms with Gasteiger partial charge in [0.05, 0.1) is 0 Å². The van der Waals surface area contributed by atoms with Crippen molar-refractivity contribution in [1.29, 1.82) is 0 Å². The predicted octanol–water partition coefficient (Wildman–Crippen LogP) is 4.06. The van der Waals surface area contributed by atoms with Crippen molar-refractivity contribution in [2.45, 2.75) is 26.2 Å². The van der Waals surface area contributed by atoms with Crippen molar-refractivity contribution in [3.63, 3.8) is 0 Å². The molecule has 0 aromatic heterocycles. The van der Waals surface area contributed by atoms with E-state index in [4.69, 9.17) is 0 Å². The van der Waals surface area contributed by atoms with Gasteiger partial charge in [-0.05, 0) is 43.2 Å². The molecular weight excluding hydrogens is 265 g/mol. The number of rotatable bonds is 5. The standard InChI is InChI=1S/C18H20FNO/c1-3-14(15-8-10-17(19)11-9-15)12-20-18(21)16-6-4-13(2)5-7-16/h4-11,14H,3,12H2,1-2H3,(H,20,21)/t14-/m0/s1. The number of aryl methyl sites for hydroxylation is 1. The Morgan fingerprint density at radius 3 is 2.29 bits per heavy atom. The lowest BCUT2D eigenvalue weighted by atomic mass is 9.96. The molecular formula is C18H20FNO. The molecule has 1 N–H and O–H groups in total. The zero-order valence-corrected chi connectivity index (χ0v) is 12.4. The van der Waals surface area contributed by atoms with Crippen LogP contribution in [0.5, 0.6) is 0 Å². The maximum atomic E-state index is 13.0. The summed E-state index contributed by atoms with van der Waals surface area (Å²) >= 11 is 0. The molecule has 21 heavy (non-hydrogen) atoms. The Morgan fingerprint density at radius 1 is 1.10 bits per heavy atom. The first kappa shape index (κ1) is 15.2. The third-order valence-corrected chi connectivity index (χ3v) is 3.66. The molecule has 2 aromatic carbocycles. The van der Waals surface area contributed by atoms with Gasteiger partial charge in [0.15, 0.2) is 0 Å². The Kier molecular flexibility index (Phi) is 5.09. The van der Waals surface area contributed by atoms with E-state index in [0.717, 1.165) is 17.5 Å². The van der Waals surface area contributed by atoms with Crippen LogP contribution >= 0.6 is 0 Å². The molecule has 0 aliphatic carbocycles. The zero-order valence-electron chi connectivity index (χ0n) is 12.4. The van der Waals surface area contributed by atoms with Crippen molar-refractivity contribution in [3.05, 3.63) is 71.0 Å². The summed E-state index contributed by atoms with van der Waals surface area (Å²) in [5, 5.41) is 2.95. The van der Waals surface area contributed by atoms with Crippen molar-refractivity contribution < 1.29 is 9.18 Å². The van der Waals surface area contributed by atoms with Gasteiger partial charge in [0.2, 0.25) is 0 Å². The molecule has 110 valence electrons. The third kappa shape index (κ3) is 4.15. The molecule has 0 bridgehead atoms. The van der Waals surface area contributed by atoms with Crippen LogP contribution in [0.1, 0.15) is 40.7 Å². The van der Waals surface area contributed by atoms with E-state index in [1.807, 2.05) is 31.2 Å². The average molecular weight is 285 g/mol. The lowest BCUT2D eigenvalue weighted by Crippen LogP contribution is -2.28. The summed E-state index contributed by atoms with van der Waals surface area (Å²) < 4.78 is 13.0. The van der Waals surface area contributed by atoms with Crippen LogP contribution in [0, 0.1) is 12.7 Å². The monoisotopic (exact) mass is 285 g/mol. The molecule has 0 saturated carbocycles. The zero-order chi connectivity index (χ0) is 15.2. The summed E-state index contributed by atoms with van der Waals surface area (Å²) in [6.07, 6.45) is 0.889. The quantitative estimate of drug-likeness (QED) is 0.882. The number of hydrogen-bond donors (Lipinski definition) is 1. The highest BCUT2D eigenvalue weighted by Crippen LogP contribution is 2.19. The molecule has 0 saturated heterocycles. The Labute approximate surface area is 125 Å². The van der Waals surface area contributed by atoms with Crippen molar-refractivity contribution in [1.82, 2.24) is 5.32 Å². The molecule has 0 spiro atoms. The minimum absolute atomic E-state index is 0.0736. The maximum absolute atomic E-state index is 13.0. The molecule has 1 atom stereocenters. The number of halogens is 1. The highest BCUT2D eigenvalue weighted by Gasteiger charge is 2.12. The molecule has 0 aliphatic heterocycles. The first-order chi connectivity index (χ1) is 10.1. The molecule has 2 nitrogen and oxygen atoms in total. The van der Waals surface area contributed by atoms with E-state index in [0.29, 0.717) is 12.1 Å². The molecule has 0 unspecified atom stereocenters. The number of amides is 1. The first-order valence-electron chi connectivity index (χ1n) is 7.20. The third-order valence-electron chi connectivity index (χ3n) is 3.66. The number of hydrogen-bond acceptors (Lipinski definition) is 1. The molecule has 0 fully saturated rings. The van der Waals surface area contributed by atoms with Crippen molar-refractivity contribution in [2.75, 3.05) is 6.54 Å². The van der Waals surface area contributed by atoms with Crippen LogP contribution in [0.15, 0.2) is 48.5 Å². The van der Waals surface area contributed by atoms with Crippen LogP contribution < -0.4 is 5.32 Å². The van der Waals surface area contributed by atoms with Gasteiger partial charge in [-0.1, -0.05) is 36.8 Å². The van der Waals surface area contributed by atoms with E-state index in [-0.39, 0.29) is 17.6 Å². The van der Waals surface area contributed by atoms with E-state index in [1.54, 1.807) is 12.1 Å². The number of carbonyl (C=O) groups excluding carboxylic acids is 1. The lowest BCUT2D eigenvalue weighted by molar-refractivity contribution is 0.0951. The van der Waals surface area contributed by atoms with Crippen LogP contribution in [0.3, 0.4) is 0 Å². The summed E-state index contributed by atoms with van der Waals surface area (Å²) in [4.78, 5) is 12.1. The Bertz CT molecular complexity index is 590. The molecule has 2 rings (SSSR count). The summed E-state index contributed by atoms with van der Waals surface area (Å²) in [7, 11) is 0. The normalized spacial score (nSPS) is 12.0. The molecule has 0 heterocycles. The van der Waals surface area contributed by atoms with Gasteiger partial charge in [-0.25, -0.2) is 4.39 Å². The van der Waals surface area contributed by atoms with E-state index >= 15 is 0 Å². The molecule has 2 aromatic rings. The fraction of sp³-hybridized carbons (Fsp3) is 0.278. The first-order valence-corrected chi connectivity index (χ1v) is 7.20. The van der Waals surface area contributed by atoms with E-state index in [1.165, 1.54) is 12.1 Å². The fourth-order valence-corrected chi connectivity index (χ4v) is 2.26. The van der Waals surface area contributed by atoms with Gasteiger partial charge in [-0.2, -0.15) is 0 Å². The summed E-state index contributed by atoms with van der Waals surface area (Å²) in [5.41, 5.74) is 2.84. The average Bonchev–Trinajstić information content (AvgIpc) is 2.50. The predicted molar refractivity (Wildman–Crippen MR) is 82.9 cm³/mol. The van der Waals surface area contributed by atoms with Crippen molar-refractivity contribution >= 4 is 5.91 Å². The SMILES string of the molecule is CC[C@@H](CNC(=O)c1ccc(C)cc1)c1ccc(F)cc1. The van der Waals surface area contributed by atoms with Gasteiger partial charge in [0, 0.05) is 18.0 Å². The fourth-order valence-electron chi connectivity index (χ4n) is 2.26. The molecule has 1 amide bonds. The summed E-state index contributed by atoms with van der Waals surface area (Å²) in [6, 6.07) is 14.0. The highest BCUT2D eigenvalue weighted by atomic mass is 19.1. The molecule has 0 radical (unpaired) electrons. The van der Waals surface area contributed by atoms with Crippen LogP contribution in [0.25, 0.3) is 0 Å². The van der Waals surface area contributed by atoms with Crippen LogP contribution in [-0.2, 0) is 0 Å². The Morgan fingerprint density at radius 2 is 1.71 bits per heavy atom. The molecule has 0 aliphatic rings. The largest absolute Gasteiger partial charge is 0.351 e. The van der Waals surface area contributed by atoms with E-state index < -0.39 is 0 Å². The summed E-state index contributed by atoms with van der Waals surface area (Å²) in [5.74, 6) is -0.118. The van der Waals surface area contributed by atoms with Gasteiger partial charge < -0.3 is 5.32 Å². The minimum Gasteiger partial charge on any atom is -0.351 e. The molecule has 3 heteroatoms.